The molecule has 4 nitrogen and oxygen atoms in total. The number of aromatic nitrogens is 2. The minimum Gasteiger partial charge on any atom is -0.266 e. The van der Waals surface area contributed by atoms with Crippen molar-refractivity contribution in [3.63, 3.8) is 0 Å². The predicted molar refractivity (Wildman–Crippen MR) is 83.1 cm³/mol. The molecular weight excluding hydrogens is 294 g/mol. The Labute approximate surface area is 124 Å². The van der Waals surface area contributed by atoms with Crippen molar-refractivity contribution in [3.8, 4) is 0 Å². The molecule has 0 aliphatic carbocycles. The van der Waals surface area contributed by atoms with Crippen LogP contribution >= 0.6 is 22.9 Å². The lowest BCUT2D eigenvalue weighted by Crippen LogP contribution is -2.15. The fourth-order valence-electron chi connectivity index (χ4n) is 1.78. The summed E-state index contributed by atoms with van der Waals surface area (Å²) < 4.78 is 1.87. The van der Waals surface area contributed by atoms with Gasteiger partial charge in [0.2, 0.25) is 0 Å². The highest BCUT2D eigenvalue weighted by Gasteiger charge is 2.07. The van der Waals surface area contributed by atoms with Gasteiger partial charge in [-0.3, -0.25) is 4.79 Å². The van der Waals surface area contributed by atoms with Crippen LogP contribution in [0.2, 0.25) is 5.02 Å². The van der Waals surface area contributed by atoms with Gasteiger partial charge in [0.05, 0.1) is 11.7 Å². The van der Waals surface area contributed by atoms with Crippen LogP contribution in [0.5, 0.6) is 0 Å². The number of benzene rings is 1. The Morgan fingerprint density at radius 2 is 2.10 bits per heavy atom. The highest BCUT2D eigenvalue weighted by Crippen LogP contribution is 2.19. The van der Waals surface area contributed by atoms with Gasteiger partial charge in [0.15, 0.2) is 0 Å². The second-order valence-corrected chi connectivity index (χ2v) is 5.60. The third-order valence-corrected chi connectivity index (χ3v) is 4.17. The normalized spacial score (nSPS) is 11.5. The molecule has 0 unspecified atom stereocenters. The van der Waals surface area contributed by atoms with Gasteiger partial charge in [0.25, 0.3) is 5.56 Å². The van der Waals surface area contributed by atoms with Crippen molar-refractivity contribution in [1.82, 2.24) is 9.66 Å². The summed E-state index contributed by atoms with van der Waals surface area (Å²) in [6.45, 7) is 1.94. The zero-order valence-corrected chi connectivity index (χ0v) is 12.1. The summed E-state index contributed by atoms with van der Waals surface area (Å²) in [5, 5.41) is 6.73. The van der Waals surface area contributed by atoms with Crippen LogP contribution in [-0.4, -0.2) is 15.9 Å². The summed E-state index contributed by atoms with van der Waals surface area (Å²) >= 11 is 7.20. The Morgan fingerprint density at radius 1 is 1.35 bits per heavy atom. The maximum Gasteiger partial charge on any atom is 0.291 e. The Hall–Kier alpha value is -1.98. The largest absolute Gasteiger partial charge is 0.291 e. The van der Waals surface area contributed by atoms with Crippen molar-refractivity contribution in [2.75, 3.05) is 0 Å². The maximum absolute atomic E-state index is 12.2. The molecule has 0 bridgehead atoms. The first-order chi connectivity index (χ1) is 9.65. The van der Waals surface area contributed by atoms with Gasteiger partial charge in [0.1, 0.15) is 11.0 Å². The highest BCUT2D eigenvalue weighted by molar-refractivity contribution is 7.17. The molecule has 100 valence electrons. The summed E-state index contributed by atoms with van der Waals surface area (Å²) in [5.41, 5.74) is 2.47. The van der Waals surface area contributed by atoms with E-state index in [-0.39, 0.29) is 5.56 Å². The molecule has 0 fully saturated rings. The van der Waals surface area contributed by atoms with Crippen molar-refractivity contribution in [3.05, 3.63) is 62.5 Å². The summed E-state index contributed by atoms with van der Waals surface area (Å²) in [6.07, 6.45) is 3.04. The average molecular weight is 304 g/mol. The maximum atomic E-state index is 12.2. The van der Waals surface area contributed by atoms with Crippen LogP contribution in [0.15, 0.2) is 45.9 Å². The van der Waals surface area contributed by atoms with Gasteiger partial charge in [0, 0.05) is 5.02 Å². The number of hydrogen-bond donors (Lipinski definition) is 0. The van der Waals surface area contributed by atoms with Gasteiger partial charge >= 0.3 is 0 Å². The molecule has 2 heterocycles. The third kappa shape index (κ3) is 2.37. The van der Waals surface area contributed by atoms with Crippen LogP contribution in [-0.2, 0) is 0 Å². The summed E-state index contributed by atoms with van der Waals surface area (Å²) in [7, 11) is 0. The molecule has 0 aliphatic heterocycles. The van der Waals surface area contributed by atoms with Gasteiger partial charge in [-0.05, 0) is 35.6 Å². The second kappa shape index (κ2) is 5.19. The van der Waals surface area contributed by atoms with Crippen LogP contribution in [0.3, 0.4) is 0 Å². The number of aryl methyl sites for hydroxylation is 1. The number of nitrogens with zero attached hydrogens (tertiary/aromatic N) is 3. The smallest absolute Gasteiger partial charge is 0.266 e. The molecule has 2 aromatic heterocycles. The van der Waals surface area contributed by atoms with Crippen molar-refractivity contribution in [1.29, 1.82) is 0 Å². The lowest BCUT2D eigenvalue weighted by molar-refractivity contribution is 0.819. The Kier molecular flexibility index (Phi) is 3.38. The molecule has 0 aliphatic rings. The van der Waals surface area contributed by atoms with Gasteiger partial charge < -0.3 is 0 Å². The minimum absolute atomic E-state index is 0.154. The lowest BCUT2D eigenvalue weighted by atomic mass is 10.2. The standard InChI is InChI=1S/C14H10ClN3OS/c1-9-7-20-13-12(9)16-8-18(14(13)19)17-6-10-2-4-11(15)5-3-10/h2-8H,1H3. The van der Waals surface area contributed by atoms with E-state index in [0.717, 1.165) is 16.6 Å². The molecule has 0 saturated carbocycles. The van der Waals surface area contributed by atoms with E-state index in [2.05, 4.69) is 10.1 Å². The summed E-state index contributed by atoms with van der Waals surface area (Å²) in [6, 6.07) is 7.21. The first-order valence-electron chi connectivity index (χ1n) is 5.90. The fourth-order valence-corrected chi connectivity index (χ4v) is 2.83. The predicted octanol–water partition coefficient (Wildman–Crippen LogP) is 3.30. The minimum atomic E-state index is -0.154. The molecule has 0 radical (unpaired) electrons. The van der Waals surface area contributed by atoms with Gasteiger partial charge in [-0.2, -0.15) is 9.78 Å². The van der Waals surface area contributed by atoms with Crippen molar-refractivity contribution in [2.24, 2.45) is 5.10 Å². The van der Waals surface area contributed by atoms with Crippen LogP contribution in [0.1, 0.15) is 11.1 Å². The van der Waals surface area contributed by atoms with Crippen LogP contribution in [0.4, 0.5) is 0 Å². The van der Waals surface area contributed by atoms with Gasteiger partial charge in [-0.1, -0.05) is 23.7 Å². The molecule has 0 atom stereocenters. The van der Waals surface area contributed by atoms with E-state index in [1.807, 2.05) is 24.4 Å². The van der Waals surface area contributed by atoms with E-state index in [0.29, 0.717) is 9.72 Å². The number of halogens is 1. The van der Waals surface area contributed by atoms with Gasteiger partial charge in [-0.25, -0.2) is 4.98 Å². The molecule has 0 spiro atoms. The first-order valence-corrected chi connectivity index (χ1v) is 7.16. The third-order valence-electron chi connectivity index (χ3n) is 2.84. The Morgan fingerprint density at radius 3 is 2.85 bits per heavy atom. The monoisotopic (exact) mass is 303 g/mol. The number of hydrogen-bond acceptors (Lipinski definition) is 4. The summed E-state index contributed by atoms with van der Waals surface area (Å²) in [5.74, 6) is 0. The van der Waals surface area contributed by atoms with E-state index < -0.39 is 0 Å². The molecule has 0 N–H and O–H groups in total. The number of rotatable bonds is 2. The highest BCUT2D eigenvalue weighted by atomic mass is 35.5. The second-order valence-electron chi connectivity index (χ2n) is 4.29. The zero-order valence-electron chi connectivity index (χ0n) is 10.6. The average Bonchev–Trinajstić information content (AvgIpc) is 2.82. The molecular formula is C14H10ClN3OS. The molecule has 3 aromatic rings. The SMILES string of the molecule is Cc1csc2c(=O)n(N=Cc3ccc(Cl)cc3)cnc12. The van der Waals surface area contributed by atoms with Crippen LogP contribution < -0.4 is 5.56 Å². The van der Waals surface area contributed by atoms with E-state index in [9.17, 15) is 4.79 Å². The quantitative estimate of drug-likeness (QED) is 0.682. The molecule has 1 aromatic carbocycles. The molecule has 6 heteroatoms. The zero-order chi connectivity index (χ0) is 14.1. The first kappa shape index (κ1) is 13.0. The fraction of sp³-hybridized carbons (Fsp3) is 0.0714. The van der Waals surface area contributed by atoms with Crippen molar-refractivity contribution in [2.45, 2.75) is 6.92 Å². The van der Waals surface area contributed by atoms with Crippen LogP contribution in [0.25, 0.3) is 10.2 Å². The Balaban J connectivity index is 2.00. The topological polar surface area (TPSA) is 47.2 Å². The van der Waals surface area contributed by atoms with Crippen molar-refractivity contribution < 1.29 is 0 Å². The van der Waals surface area contributed by atoms with E-state index in [4.69, 9.17) is 11.6 Å². The van der Waals surface area contributed by atoms with E-state index in [1.54, 1.807) is 18.3 Å². The number of thiophene rings is 1. The molecule has 0 amide bonds. The van der Waals surface area contributed by atoms with Gasteiger partial charge in [-0.15, -0.1) is 11.3 Å². The number of fused-ring (bicyclic) bond motifs is 1. The summed E-state index contributed by atoms with van der Waals surface area (Å²) in [4.78, 5) is 16.5. The van der Waals surface area contributed by atoms with E-state index in [1.165, 1.54) is 22.3 Å². The molecule has 20 heavy (non-hydrogen) atoms. The lowest BCUT2D eigenvalue weighted by Gasteiger charge is -1.98. The molecule has 3 rings (SSSR count). The van der Waals surface area contributed by atoms with Crippen LogP contribution in [0, 0.1) is 6.92 Å². The van der Waals surface area contributed by atoms with E-state index >= 15 is 0 Å². The molecule has 0 saturated heterocycles. The Bertz CT molecular complexity index is 849. The van der Waals surface area contributed by atoms with Crippen molar-refractivity contribution >= 4 is 39.4 Å².